The van der Waals surface area contributed by atoms with Gasteiger partial charge in [-0.3, -0.25) is 15.1 Å². The van der Waals surface area contributed by atoms with Crippen molar-refractivity contribution < 1.29 is 9.21 Å². The highest BCUT2D eigenvalue weighted by Gasteiger charge is 2.40. The minimum atomic E-state index is -0.692. The smallest absolute Gasteiger partial charge is 0.231 e. The minimum absolute atomic E-state index is 0.0901. The number of hydrogen-bond acceptors (Lipinski definition) is 3. The zero-order valence-corrected chi connectivity index (χ0v) is 12.9. The topological polar surface area (TPSA) is 69.3 Å². The summed E-state index contributed by atoms with van der Waals surface area (Å²) in [5.74, 6) is 0.655. The Labute approximate surface area is 129 Å². The quantitative estimate of drug-likeness (QED) is 0.895. The fourth-order valence-electron chi connectivity index (χ4n) is 2.69. The summed E-state index contributed by atoms with van der Waals surface area (Å²) in [6.45, 7) is 3.93. The summed E-state index contributed by atoms with van der Waals surface area (Å²) in [4.78, 5) is 13.3. The van der Waals surface area contributed by atoms with Crippen molar-refractivity contribution in [2.75, 3.05) is 7.05 Å². The monoisotopic (exact) mass is 297 g/mol. The molecule has 2 N–H and O–H groups in total. The van der Waals surface area contributed by atoms with E-state index in [1.807, 2.05) is 38.1 Å². The van der Waals surface area contributed by atoms with Gasteiger partial charge in [0.15, 0.2) is 5.96 Å². The van der Waals surface area contributed by atoms with Gasteiger partial charge in [0.1, 0.15) is 11.3 Å². The summed E-state index contributed by atoms with van der Waals surface area (Å²) < 4.78 is 5.70. The number of nitrogens with zero attached hydrogens (tertiary/aromatic N) is 1. The molecule has 0 bridgehead atoms. The van der Waals surface area contributed by atoms with E-state index in [2.05, 4.69) is 11.4 Å². The van der Waals surface area contributed by atoms with E-state index in [0.717, 1.165) is 11.1 Å². The predicted molar refractivity (Wildman–Crippen MR) is 84.5 cm³/mol. The lowest BCUT2D eigenvalue weighted by atomic mass is 9.91. The van der Waals surface area contributed by atoms with Gasteiger partial charge in [0, 0.05) is 12.6 Å². The molecule has 0 aliphatic carbocycles. The second kappa shape index (κ2) is 5.02. The Hall–Kier alpha value is -2.56. The van der Waals surface area contributed by atoms with E-state index < -0.39 is 5.54 Å². The average molecular weight is 297 g/mol. The van der Waals surface area contributed by atoms with Gasteiger partial charge >= 0.3 is 0 Å². The number of rotatable bonds is 2. The number of carbonyl (C=O) groups excluding carboxylic acids is 1. The van der Waals surface area contributed by atoms with Crippen molar-refractivity contribution in [3.8, 4) is 11.1 Å². The van der Waals surface area contributed by atoms with Gasteiger partial charge in [-0.05, 0) is 25.5 Å². The molecule has 0 unspecified atom stereocenters. The standard InChI is InChI=1S/C17H19N3O2/c1-11-5-4-6-12(7-11)13-8-14(22-10-13)17(2)9-15(21)20(3)16(18)19-17/h4-8,10H,9H2,1-3H3,(H2,18,19)/t17-/m0/s1. The Morgan fingerprint density at radius 3 is 2.77 bits per heavy atom. The molecular weight excluding hydrogens is 278 g/mol. The lowest BCUT2D eigenvalue weighted by molar-refractivity contribution is -0.129. The van der Waals surface area contributed by atoms with Crippen LogP contribution in [0.5, 0.6) is 0 Å². The van der Waals surface area contributed by atoms with Crippen LogP contribution in [-0.4, -0.2) is 23.8 Å². The average Bonchev–Trinajstić information content (AvgIpc) is 2.95. The van der Waals surface area contributed by atoms with Crippen molar-refractivity contribution in [1.82, 2.24) is 10.2 Å². The molecule has 1 aliphatic heterocycles. The maximum atomic E-state index is 12.0. The number of carbonyl (C=O) groups is 1. The Kier molecular flexibility index (Phi) is 3.28. The molecule has 22 heavy (non-hydrogen) atoms. The molecule has 2 heterocycles. The van der Waals surface area contributed by atoms with Gasteiger partial charge in [-0.15, -0.1) is 0 Å². The molecule has 0 spiro atoms. The summed E-state index contributed by atoms with van der Waals surface area (Å²) in [7, 11) is 1.59. The van der Waals surface area contributed by atoms with Gasteiger partial charge < -0.3 is 9.73 Å². The first-order valence-corrected chi connectivity index (χ1v) is 7.18. The van der Waals surface area contributed by atoms with Gasteiger partial charge in [0.05, 0.1) is 12.7 Å². The molecule has 1 amide bonds. The molecule has 1 atom stereocenters. The number of hydrogen-bond donors (Lipinski definition) is 2. The molecule has 1 fully saturated rings. The summed E-state index contributed by atoms with van der Waals surface area (Å²) in [6.07, 6.45) is 1.95. The molecule has 0 saturated carbocycles. The van der Waals surface area contributed by atoms with Crippen LogP contribution in [0.3, 0.4) is 0 Å². The second-order valence-corrected chi connectivity index (χ2v) is 6.00. The van der Waals surface area contributed by atoms with E-state index in [4.69, 9.17) is 9.83 Å². The van der Waals surface area contributed by atoms with Crippen LogP contribution in [0, 0.1) is 12.3 Å². The van der Waals surface area contributed by atoms with Gasteiger partial charge in [-0.25, -0.2) is 0 Å². The van der Waals surface area contributed by atoms with Crippen LogP contribution in [0.15, 0.2) is 41.0 Å². The molecule has 5 heteroatoms. The summed E-state index contributed by atoms with van der Waals surface area (Å²) in [6, 6.07) is 10.1. The van der Waals surface area contributed by atoms with E-state index >= 15 is 0 Å². The number of aryl methyl sites for hydroxylation is 1. The molecule has 114 valence electrons. The molecule has 0 radical (unpaired) electrons. The number of benzene rings is 1. The van der Waals surface area contributed by atoms with Crippen LogP contribution in [0.2, 0.25) is 0 Å². The lowest BCUT2D eigenvalue weighted by Crippen LogP contribution is -2.58. The Morgan fingerprint density at radius 1 is 1.32 bits per heavy atom. The van der Waals surface area contributed by atoms with Crippen LogP contribution in [-0.2, 0) is 10.3 Å². The largest absolute Gasteiger partial charge is 0.466 e. The van der Waals surface area contributed by atoms with Gasteiger partial charge in [-0.1, -0.05) is 29.8 Å². The van der Waals surface area contributed by atoms with Crippen molar-refractivity contribution in [1.29, 1.82) is 5.41 Å². The second-order valence-electron chi connectivity index (χ2n) is 6.00. The first-order chi connectivity index (χ1) is 10.4. The third kappa shape index (κ3) is 2.39. The maximum Gasteiger partial charge on any atom is 0.231 e. The zero-order valence-electron chi connectivity index (χ0n) is 12.9. The number of guanidine groups is 1. The van der Waals surface area contributed by atoms with Crippen LogP contribution >= 0.6 is 0 Å². The van der Waals surface area contributed by atoms with Crippen molar-refractivity contribution in [3.05, 3.63) is 47.9 Å². The Bertz CT molecular complexity index is 730. The molecule has 3 rings (SSSR count). The third-order valence-corrected chi connectivity index (χ3v) is 4.10. The predicted octanol–water partition coefficient (Wildman–Crippen LogP) is 2.86. The molecule has 1 aliphatic rings. The summed E-state index contributed by atoms with van der Waals surface area (Å²) in [5, 5.41) is 10.9. The van der Waals surface area contributed by atoms with Crippen LogP contribution < -0.4 is 5.32 Å². The molecular formula is C17H19N3O2. The number of amides is 1. The highest BCUT2D eigenvalue weighted by Crippen LogP contribution is 2.33. The molecule has 1 aromatic heterocycles. The highest BCUT2D eigenvalue weighted by atomic mass is 16.3. The molecule has 5 nitrogen and oxygen atoms in total. The molecule has 2 aromatic rings. The van der Waals surface area contributed by atoms with E-state index in [9.17, 15) is 4.79 Å². The van der Waals surface area contributed by atoms with Crippen molar-refractivity contribution >= 4 is 11.9 Å². The minimum Gasteiger partial charge on any atom is -0.466 e. The van der Waals surface area contributed by atoms with Gasteiger partial charge in [0.25, 0.3) is 0 Å². The zero-order chi connectivity index (χ0) is 15.9. The Balaban J connectivity index is 1.93. The Morgan fingerprint density at radius 2 is 2.09 bits per heavy atom. The van der Waals surface area contributed by atoms with Crippen LogP contribution in [0.25, 0.3) is 11.1 Å². The fraction of sp³-hybridized carbons (Fsp3) is 0.294. The highest BCUT2D eigenvalue weighted by molar-refractivity contribution is 5.98. The normalized spacial score (nSPS) is 21.9. The van der Waals surface area contributed by atoms with Gasteiger partial charge in [0.2, 0.25) is 5.91 Å². The molecule has 1 saturated heterocycles. The number of nitrogens with one attached hydrogen (secondary N) is 2. The SMILES string of the molecule is Cc1cccc(-c2coc([C@]3(C)CC(=O)N(C)C(=N)N3)c2)c1. The van der Waals surface area contributed by atoms with E-state index in [1.54, 1.807) is 13.3 Å². The van der Waals surface area contributed by atoms with Gasteiger partial charge in [-0.2, -0.15) is 0 Å². The fourth-order valence-corrected chi connectivity index (χ4v) is 2.69. The van der Waals surface area contributed by atoms with Crippen molar-refractivity contribution in [2.24, 2.45) is 0 Å². The first-order valence-electron chi connectivity index (χ1n) is 7.18. The van der Waals surface area contributed by atoms with Crippen LogP contribution in [0.1, 0.15) is 24.7 Å². The van der Waals surface area contributed by atoms with Crippen LogP contribution in [0.4, 0.5) is 0 Å². The number of furan rings is 1. The van der Waals surface area contributed by atoms with E-state index in [1.165, 1.54) is 10.5 Å². The van der Waals surface area contributed by atoms with E-state index in [-0.39, 0.29) is 18.3 Å². The third-order valence-electron chi connectivity index (χ3n) is 4.10. The lowest BCUT2D eigenvalue weighted by Gasteiger charge is -2.37. The van der Waals surface area contributed by atoms with Crippen molar-refractivity contribution in [2.45, 2.75) is 25.8 Å². The summed E-state index contributed by atoms with van der Waals surface area (Å²) >= 11 is 0. The van der Waals surface area contributed by atoms with E-state index in [0.29, 0.717) is 5.76 Å². The molecule has 1 aromatic carbocycles. The first kappa shape index (κ1) is 14.4. The maximum absolute atomic E-state index is 12.0. The van der Waals surface area contributed by atoms with Crippen molar-refractivity contribution in [3.63, 3.8) is 0 Å². The summed E-state index contributed by atoms with van der Waals surface area (Å²) in [5.41, 5.74) is 2.54.